The van der Waals surface area contributed by atoms with Gasteiger partial charge in [-0.3, -0.25) is 9.78 Å². The quantitative estimate of drug-likeness (QED) is 0.490. The number of ether oxygens (including phenoxy) is 3. The molecular formula is C21H28ClN3O4. The highest BCUT2D eigenvalue weighted by molar-refractivity contribution is 6.30. The van der Waals surface area contributed by atoms with Crippen molar-refractivity contribution in [2.75, 3.05) is 19.8 Å². The Balaban J connectivity index is 1.51. The highest BCUT2D eigenvalue weighted by atomic mass is 35.5. The van der Waals surface area contributed by atoms with Crippen molar-refractivity contribution in [3.63, 3.8) is 0 Å². The van der Waals surface area contributed by atoms with E-state index in [0.717, 1.165) is 36.6 Å². The van der Waals surface area contributed by atoms with Gasteiger partial charge in [0.15, 0.2) is 6.29 Å². The van der Waals surface area contributed by atoms with Crippen LogP contribution in [0, 0.1) is 5.92 Å². The van der Waals surface area contributed by atoms with E-state index in [1.54, 1.807) is 12.3 Å². The number of aromatic nitrogens is 2. The normalized spacial score (nSPS) is 19.4. The van der Waals surface area contributed by atoms with Crippen molar-refractivity contribution in [2.24, 2.45) is 5.92 Å². The number of carbonyl (C=O) groups is 1. The van der Waals surface area contributed by atoms with Crippen LogP contribution in [0.1, 0.15) is 39.5 Å². The van der Waals surface area contributed by atoms with E-state index in [1.165, 1.54) is 0 Å². The summed E-state index contributed by atoms with van der Waals surface area (Å²) in [4.78, 5) is 21.1. The molecule has 0 aromatic carbocycles. The summed E-state index contributed by atoms with van der Waals surface area (Å²) in [6, 6.07) is 5.50. The second-order valence-corrected chi connectivity index (χ2v) is 7.38. The van der Waals surface area contributed by atoms with E-state index < -0.39 is 6.29 Å². The van der Waals surface area contributed by atoms with Gasteiger partial charge in [-0.2, -0.15) is 0 Å². The predicted octanol–water partition coefficient (Wildman–Crippen LogP) is 3.74. The first-order valence-electron chi connectivity index (χ1n) is 10.2. The maximum Gasteiger partial charge on any atom is 0.224 e. The Hall–Kier alpha value is -1.96. The molecule has 7 nitrogen and oxygen atoms in total. The van der Waals surface area contributed by atoms with Gasteiger partial charge >= 0.3 is 0 Å². The summed E-state index contributed by atoms with van der Waals surface area (Å²) in [6.45, 7) is 5.27. The number of carbonyl (C=O) groups excluding carboxylic acids is 1. The maximum absolute atomic E-state index is 12.5. The lowest BCUT2D eigenvalue weighted by molar-refractivity contribution is -0.142. The second kappa shape index (κ2) is 10.7. The van der Waals surface area contributed by atoms with Crippen LogP contribution in [-0.4, -0.2) is 48.0 Å². The summed E-state index contributed by atoms with van der Waals surface area (Å²) in [5, 5.41) is 4.15. The average Bonchev–Trinajstić information content (AvgIpc) is 2.72. The minimum Gasteiger partial charge on any atom is -0.474 e. The number of amides is 1. The van der Waals surface area contributed by atoms with Gasteiger partial charge in [-0.05, 0) is 51.7 Å². The topological polar surface area (TPSA) is 82.6 Å². The molecule has 0 saturated heterocycles. The smallest absolute Gasteiger partial charge is 0.224 e. The predicted molar refractivity (Wildman–Crippen MR) is 111 cm³/mol. The summed E-state index contributed by atoms with van der Waals surface area (Å²) < 4.78 is 17.1. The van der Waals surface area contributed by atoms with Crippen LogP contribution in [0.25, 0.3) is 10.9 Å². The molecule has 29 heavy (non-hydrogen) atoms. The van der Waals surface area contributed by atoms with Crippen LogP contribution in [0.5, 0.6) is 5.88 Å². The Kier molecular flexibility index (Phi) is 8.03. The fraction of sp³-hybridized carbons (Fsp3) is 0.571. The van der Waals surface area contributed by atoms with Gasteiger partial charge in [0.25, 0.3) is 0 Å². The van der Waals surface area contributed by atoms with Gasteiger partial charge in [0, 0.05) is 31.4 Å². The van der Waals surface area contributed by atoms with Crippen LogP contribution in [0.2, 0.25) is 5.15 Å². The summed E-state index contributed by atoms with van der Waals surface area (Å²) in [7, 11) is 0. The SMILES string of the molecule is CCOC(CNC(=O)[C@H]1CC[C@@H](Oc2nc(Cl)cc3ncccc23)CC1)OCC. The molecule has 2 aromatic rings. The number of halogens is 1. The van der Waals surface area contributed by atoms with Crippen molar-refractivity contribution in [3.8, 4) is 5.88 Å². The molecule has 1 amide bonds. The number of hydrogen-bond acceptors (Lipinski definition) is 6. The van der Waals surface area contributed by atoms with Crippen molar-refractivity contribution >= 4 is 28.4 Å². The Morgan fingerprint density at radius 3 is 2.66 bits per heavy atom. The van der Waals surface area contributed by atoms with Crippen molar-refractivity contribution < 1.29 is 19.0 Å². The first kappa shape index (κ1) is 21.7. The molecule has 2 aromatic heterocycles. The highest BCUT2D eigenvalue weighted by Crippen LogP contribution is 2.31. The van der Waals surface area contributed by atoms with E-state index in [0.29, 0.717) is 30.8 Å². The molecule has 0 spiro atoms. The fourth-order valence-electron chi connectivity index (χ4n) is 3.57. The molecule has 2 heterocycles. The third-order valence-corrected chi connectivity index (χ3v) is 5.20. The molecule has 0 radical (unpaired) electrons. The lowest BCUT2D eigenvalue weighted by Crippen LogP contribution is -2.40. The molecule has 158 valence electrons. The molecule has 0 aliphatic heterocycles. The molecule has 0 atom stereocenters. The minimum atomic E-state index is -0.399. The largest absolute Gasteiger partial charge is 0.474 e. The molecule has 1 aliphatic carbocycles. The van der Waals surface area contributed by atoms with Crippen LogP contribution in [0.15, 0.2) is 24.4 Å². The molecule has 0 bridgehead atoms. The summed E-state index contributed by atoms with van der Waals surface area (Å²) in [5.41, 5.74) is 0.758. The average molecular weight is 422 g/mol. The number of nitrogens with zero attached hydrogens (tertiary/aromatic N) is 2. The number of rotatable bonds is 9. The third kappa shape index (κ3) is 6.01. The maximum atomic E-state index is 12.5. The molecular weight excluding hydrogens is 394 g/mol. The number of nitrogens with one attached hydrogen (secondary N) is 1. The van der Waals surface area contributed by atoms with Gasteiger partial charge in [-0.15, -0.1) is 0 Å². The van der Waals surface area contributed by atoms with Crippen LogP contribution in [0.4, 0.5) is 0 Å². The molecule has 3 rings (SSSR count). The Labute approximate surface area is 176 Å². The zero-order valence-electron chi connectivity index (χ0n) is 16.9. The van der Waals surface area contributed by atoms with Crippen molar-refractivity contribution in [3.05, 3.63) is 29.5 Å². The molecule has 8 heteroatoms. The van der Waals surface area contributed by atoms with Gasteiger partial charge in [0.1, 0.15) is 11.3 Å². The standard InChI is InChI=1S/C21H28ClN3O4/c1-3-27-19(28-4-2)13-24-20(26)14-7-9-15(10-8-14)29-21-16-6-5-11-23-17(16)12-18(22)25-21/h5-6,11-12,14-15,19H,3-4,7-10,13H2,1-2H3,(H,24,26)/t14-,15+. The van der Waals surface area contributed by atoms with Crippen molar-refractivity contribution in [1.29, 1.82) is 0 Å². The van der Waals surface area contributed by atoms with E-state index in [9.17, 15) is 4.79 Å². The molecule has 1 saturated carbocycles. The Morgan fingerprint density at radius 2 is 1.97 bits per heavy atom. The lowest BCUT2D eigenvalue weighted by atomic mass is 9.86. The Bertz CT molecular complexity index is 806. The monoisotopic (exact) mass is 421 g/mol. The summed E-state index contributed by atoms with van der Waals surface area (Å²) >= 11 is 6.11. The van der Waals surface area contributed by atoms with Crippen molar-refractivity contribution in [2.45, 2.75) is 51.9 Å². The highest BCUT2D eigenvalue weighted by Gasteiger charge is 2.28. The van der Waals surface area contributed by atoms with Gasteiger partial charge in [-0.1, -0.05) is 11.6 Å². The van der Waals surface area contributed by atoms with Crippen molar-refractivity contribution in [1.82, 2.24) is 15.3 Å². The van der Waals surface area contributed by atoms with E-state index in [-0.39, 0.29) is 17.9 Å². The van der Waals surface area contributed by atoms with Gasteiger partial charge in [0.2, 0.25) is 11.8 Å². The zero-order chi connectivity index (χ0) is 20.6. The number of pyridine rings is 2. The lowest BCUT2D eigenvalue weighted by Gasteiger charge is -2.28. The van der Waals surface area contributed by atoms with E-state index >= 15 is 0 Å². The van der Waals surface area contributed by atoms with E-state index in [2.05, 4.69) is 15.3 Å². The second-order valence-electron chi connectivity index (χ2n) is 7.00. The molecule has 1 N–H and O–H groups in total. The molecule has 1 fully saturated rings. The summed E-state index contributed by atoms with van der Waals surface area (Å²) in [6.07, 6.45) is 4.43. The van der Waals surface area contributed by atoms with Gasteiger partial charge < -0.3 is 19.5 Å². The first-order valence-corrected chi connectivity index (χ1v) is 10.6. The van der Waals surface area contributed by atoms with Crippen LogP contribution < -0.4 is 10.1 Å². The number of fused-ring (bicyclic) bond motifs is 1. The summed E-state index contributed by atoms with van der Waals surface area (Å²) in [5.74, 6) is 0.526. The minimum absolute atomic E-state index is 0.00743. The zero-order valence-corrected chi connectivity index (χ0v) is 17.7. The third-order valence-electron chi connectivity index (χ3n) is 5.00. The van der Waals surface area contributed by atoms with Gasteiger partial charge in [0.05, 0.1) is 17.4 Å². The van der Waals surface area contributed by atoms with E-state index in [4.69, 9.17) is 25.8 Å². The van der Waals surface area contributed by atoms with Crippen LogP contribution >= 0.6 is 11.6 Å². The molecule has 0 unspecified atom stereocenters. The Morgan fingerprint density at radius 1 is 1.24 bits per heavy atom. The van der Waals surface area contributed by atoms with E-state index in [1.807, 2.05) is 26.0 Å². The molecule has 1 aliphatic rings. The number of hydrogen-bond donors (Lipinski definition) is 1. The first-order chi connectivity index (χ1) is 14.1. The fourth-order valence-corrected chi connectivity index (χ4v) is 3.75. The van der Waals surface area contributed by atoms with Crippen LogP contribution in [-0.2, 0) is 14.3 Å². The van der Waals surface area contributed by atoms with Crippen LogP contribution in [0.3, 0.4) is 0 Å². The van der Waals surface area contributed by atoms with Gasteiger partial charge in [-0.25, -0.2) is 4.98 Å².